The lowest BCUT2D eigenvalue weighted by Gasteiger charge is -2.11. The fourth-order valence-electron chi connectivity index (χ4n) is 1.52. The fourth-order valence-corrected chi connectivity index (χ4v) is 1.52. The summed E-state index contributed by atoms with van der Waals surface area (Å²) in [4.78, 5) is 12.0. The molecule has 86 valence electrons. The van der Waals surface area contributed by atoms with Crippen LogP contribution in [0.5, 0.6) is 0 Å². The van der Waals surface area contributed by atoms with Gasteiger partial charge in [-0.25, -0.2) is 9.97 Å². The summed E-state index contributed by atoms with van der Waals surface area (Å²) < 4.78 is 0. The number of pyridine rings is 1. The highest BCUT2D eigenvalue weighted by Crippen LogP contribution is 2.19. The molecule has 1 unspecified atom stereocenters. The van der Waals surface area contributed by atoms with Crippen LogP contribution in [0.4, 0.5) is 5.82 Å². The van der Waals surface area contributed by atoms with E-state index in [9.17, 15) is 0 Å². The summed E-state index contributed by atoms with van der Waals surface area (Å²) in [6.45, 7) is 4.15. The van der Waals surface area contributed by atoms with Crippen molar-refractivity contribution >= 4 is 17.0 Å². The molecule has 0 saturated carbocycles. The maximum Gasteiger partial charge on any atom is 0.179 e. The lowest BCUT2D eigenvalue weighted by Crippen LogP contribution is -2.18. The van der Waals surface area contributed by atoms with E-state index in [0.29, 0.717) is 11.6 Å². The third-order valence-corrected chi connectivity index (χ3v) is 2.65. The first-order chi connectivity index (χ1) is 7.61. The molecule has 0 bridgehead atoms. The third kappa shape index (κ3) is 1.86. The Balaban J connectivity index is 2.43. The van der Waals surface area contributed by atoms with Gasteiger partial charge >= 0.3 is 0 Å². The monoisotopic (exact) mass is 219 g/mol. The molecule has 2 aromatic heterocycles. The van der Waals surface area contributed by atoms with Crippen LogP contribution in [0.3, 0.4) is 0 Å². The van der Waals surface area contributed by atoms with Crippen molar-refractivity contribution in [3.63, 3.8) is 0 Å². The zero-order valence-electron chi connectivity index (χ0n) is 9.78. The SMILES string of the molecule is CNc1ccc2[nH]c(C(N)C(C)C)nc2n1. The summed E-state index contributed by atoms with van der Waals surface area (Å²) >= 11 is 0. The van der Waals surface area contributed by atoms with Gasteiger partial charge in [-0.05, 0) is 18.1 Å². The predicted molar refractivity (Wildman–Crippen MR) is 65.2 cm³/mol. The number of fused-ring (bicyclic) bond motifs is 1. The molecule has 0 aliphatic carbocycles. The Morgan fingerprint density at radius 1 is 1.31 bits per heavy atom. The Bertz CT molecular complexity index is 488. The Labute approximate surface area is 94.5 Å². The van der Waals surface area contributed by atoms with Crippen LogP contribution in [0, 0.1) is 5.92 Å². The molecule has 5 nitrogen and oxygen atoms in total. The molecule has 0 aliphatic rings. The molecule has 1 atom stereocenters. The van der Waals surface area contributed by atoms with Crippen molar-refractivity contribution in [2.45, 2.75) is 19.9 Å². The van der Waals surface area contributed by atoms with E-state index in [-0.39, 0.29) is 6.04 Å². The van der Waals surface area contributed by atoms with Gasteiger partial charge in [-0.15, -0.1) is 0 Å². The molecule has 0 aliphatic heterocycles. The average molecular weight is 219 g/mol. The fraction of sp³-hybridized carbons (Fsp3) is 0.455. The summed E-state index contributed by atoms with van der Waals surface area (Å²) in [6, 6.07) is 3.79. The van der Waals surface area contributed by atoms with Gasteiger partial charge in [0.25, 0.3) is 0 Å². The van der Waals surface area contributed by atoms with Crippen molar-refractivity contribution in [2.24, 2.45) is 11.7 Å². The highest BCUT2D eigenvalue weighted by atomic mass is 15.1. The molecule has 0 radical (unpaired) electrons. The molecule has 0 fully saturated rings. The van der Waals surface area contributed by atoms with Gasteiger partial charge in [0.1, 0.15) is 11.6 Å². The number of nitrogens with one attached hydrogen (secondary N) is 2. The predicted octanol–water partition coefficient (Wildman–Crippen LogP) is 1.66. The number of hydrogen-bond donors (Lipinski definition) is 3. The number of imidazole rings is 1. The van der Waals surface area contributed by atoms with Crippen LogP contribution < -0.4 is 11.1 Å². The van der Waals surface area contributed by atoms with Crippen molar-refractivity contribution in [3.8, 4) is 0 Å². The molecule has 0 amide bonds. The summed E-state index contributed by atoms with van der Waals surface area (Å²) in [5, 5.41) is 2.98. The normalized spacial score (nSPS) is 13.3. The lowest BCUT2D eigenvalue weighted by molar-refractivity contribution is 0.495. The minimum absolute atomic E-state index is 0.0766. The third-order valence-electron chi connectivity index (χ3n) is 2.65. The first kappa shape index (κ1) is 10.9. The van der Waals surface area contributed by atoms with E-state index in [1.807, 2.05) is 19.2 Å². The van der Waals surface area contributed by atoms with Gasteiger partial charge in [0.15, 0.2) is 5.65 Å². The van der Waals surface area contributed by atoms with Gasteiger partial charge in [0.2, 0.25) is 0 Å². The van der Waals surface area contributed by atoms with E-state index < -0.39 is 0 Å². The number of aromatic amines is 1. The summed E-state index contributed by atoms with van der Waals surface area (Å²) in [5.41, 5.74) is 7.66. The lowest BCUT2D eigenvalue weighted by atomic mass is 10.1. The van der Waals surface area contributed by atoms with E-state index in [1.54, 1.807) is 0 Å². The van der Waals surface area contributed by atoms with Gasteiger partial charge in [0, 0.05) is 7.05 Å². The molecule has 5 heteroatoms. The number of nitrogens with zero attached hydrogens (tertiary/aromatic N) is 2. The topological polar surface area (TPSA) is 79.6 Å². The molecular formula is C11H17N5. The molecule has 0 aromatic carbocycles. The minimum Gasteiger partial charge on any atom is -0.373 e. The second-order valence-corrected chi connectivity index (χ2v) is 4.21. The van der Waals surface area contributed by atoms with E-state index >= 15 is 0 Å². The van der Waals surface area contributed by atoms with Crippen LogP contribution in [-0.2, 0) is 0 Å². The number of anilines is 1. The smallest absolute Gasteiger partial charge is 0.179 e. The molecule has 2 heterocycles. The molecule has 4 N–H and O–H groups in total. The van der Waals surface area contributed by atoms with Gasteiger partial charge in [0.05, 0.1) is 11.6 Å². The number of aromatic nitrogens is 3. The summed E-state index contributed by atoms with van der Waals surface area (Å²) in [5.74, 6) is 1.96. The average Bonchev–Trinajstić information content (AvgIpc) is 2.69. The van der Waals surface area contributed by atoms with Crippen molar-refractivity contribution in [1.29, 1.82) is 0 Å². The molecule has 2 rings (SSSR count). The Morgan fingerprint density at radius 2 is 2.06 bits per heavy atom. The van der Waals surface area contributed by atoms with E-state index in [2.05, 4.69) is 34.1 Å². The maximum atomic E-state index is 6.04. The van der Waals surface area contributed by atoms with Gasteiger partial charge in [-0.3, -0.25) is 0 Å². The van der Waals surface area contributed by atoms with Crippen molar-refractivity contribution in [3.05, 3.63) is 18.0 Å². The zero-order valence-corrected chi connectivity index (χ0v) is 9.78. The van der Waals surface area contributed by atoms with Crippen LogP contribution in [0.25, 0.3) is 11.2 Å². The van der Waals surface area contributed by atoms with Crippen LogP contribution in [-0.4, -0.2) is 22.0 Å². The Hall–Kier alpha value is -1.62. The quantitative estimate of drug-likeness (QED) is 0.733. The first-order valence-electron chi connectivity index (χ1n) is 5.42. The van der Waals surface area contributed by atoms with Crippen LogP contribution in [0.15, 0.2) is 12.1 Å². The van der Waals surface area contributed by atoms with E-state index in [0.717, 1.165) is 17.2 Å². The molecular weight excluding hydrogens is 202 g/mol. The second kappa shape index (κ2) is 4.09. The maximum absolute atomic E-state index is 6.04. The molecule has 16 heavy (non-hydrogen) atoms. The zero-order chi connectivity index (χ0) is 11.7. The summed E-state index contributed by atoms with van der Waals surface area (Å²) in [6.07, 6.45) is 0. The van der Waals surface area contributed by atoms with Gasteiger partial charge in [-0.1, -0.05) is 13.8 Å². The van der Waals surface area contributed by atoms with E-state index in [1.165, 1.54) is 0 Å². The number of H-pyrrole nitrogens is 1. The number of nitrogens with two attached hydrogens (primary N) is 1. The van der Waals surface area contributed by atoms with Crippen LogP contribution >= 0.6 is 0 Å². The minimum atomic E-state index is -0.0766. The highest BCUT2D eigenvalue weighted by molar-refractivity contribution is 5.72. The molecule has 2 aromatic rings. The van der Waals surface area contributed by atoms with Crippen molar-refractivity contribution < 1.29 is 0 Å². The molecule has 0 saturated heterocycles. The first-order valence-corrected chi connectivity index (χ1v) is 5.42. The Morgan fingerprint density at radius 3 is 2.69 bits per heavy atom. The standard InChI is InChI=1S/C11H17N5/c1-6(2)9(12)11-14-7-4-5-8(13-3)15-10(7)16-11/h4-6,9H,12H2,1-3H3,(H2,13,14,15,16). The Kier molecular flexibility index (Phi) is 2.78. The van der Waals surface area contributed by atoms with Crippen LogP contribution in [0.2, 0.25) is 0 Å². The van der Waals surface area contributed by atoms with Crippen molar-refractivity contribution in [1.82, 2.24) is 15.0 Å². The number of hydrogen-bond acceptors (Lipinski definition) is 4. The largest absolute Gasteiger partial charge is 0.373 e. The molecule has 0 spiro atoms. The number of rotatable bonds is 3. The van der Waals surface area contributed by atoms with Gasteiger partial charge < -0.3 is 16.0 Å². The van der Waals surface area contributed by atoms with E-state index in [4.69, 9.17) is 5.73 Å². The van der Waals surface area contributed by atoms with Gasteiger partial charge in [-0.2, -0.15) is 0 Å². The summed E-state index contributed by atoms with van der Waals surface area (Å²) in [7, 11) is 1.83. The second-order valence-electron chi connectivity index (χ2n) is 4.21. The van der Waals surface area contributed by atoms with Crippen molar-refractivity contribution in [2.75, 3.05) is 12.4 Å². The highest BCUT2D eigenvalue weighted by Gasteiger charge is 2.15. The van der Waals surface area contributed by atoms with Crippen LogP contribution in [0.1, 0.15) is 25.7 Å².